The van der Waals surface area contributed by atoms with Gasteiger partial charge in [-0.15, -0.1) is 0 Å². The summed E-state index contributed by atoms with van der Waals surface area (Å²) < 4.78 is 12.9. The summed E-state index contributed by atoms with van der Waals surface area (Å²) >= 11 is 0. The van der Waals surface area contributed by atoms with E-state index in [-0.39, 0.29) is 11.3 Å². The molecule has 0 aliphatic rings. The Morgan fingerprint density at radius 1 is 1.21 bits per heavy atom. The summed E-state index contributed by atoms with van der Waals surface area (Å²) in [6.07, 6.45) is 1.23. The average molecular weight is 259 g/mol. The third-order valence-electron chi connectivity index (χ3n) is 2.36. The lowest BCUT2D eigenvalue weighted by Gasteiger charge is -2.05. The van der Waals surface area contributed by atoms with E-state index >= 15 is 0 Å². The molecule has 0 unspecified atom stereocenters. The standard InChI is InChI=1S/C13H10FN3O2/c14-9-2-1-3-10(6-9)17-13(19)8-4-5-11(12(15)18)16-7-8/h1-7H,(H2,15,18)(H,17,19). The Balaban J connectivity index is 2.14. The summed E-state index contributed by atoms with van der Waals surface area (Å²) in [7, 11) is 0. The van der Waals surface area contributed by atoms with Crippen LogP contribution in [0.2, 0.25) is 0 Å². The van der Waals surface area contributed by atoms with Gasteiger partial charge < -0.3 is 11.1 Å². The van der Waals surface area contributed by atoms with Crippen molar-refractivity contribution in [2.24, 2.45) is 5.73 Å². The van der Waals surface area contributed by atoms with Gasteiger partial charge in [0.25, 0.3) is 11.8 Å². The molecule has 0 aliphatic carbocycles. The van der Waals surface area contributed by atoms with Crippen LogP contribution in [0.5, 0.6) is 0 Å². The smallest absolute Gasteiger partial charge is 0.267 e. The van der Waals surface area contributed by atoms with E-state index in [1.54, 1.807) is 6.07 Å². The number of benzene rings is 1. The molecule has 5 nitrogen and oxygen atoms in total. The van der Waals surface area contributed by atoms with Crippen LogP contribution in [0.15, 0.2) is 42.6 Å². The highest BCUT2D eigenvalue weighted by atomic mass is 19.1. The Labute approximate surface area is 108 Å². The lowest BCUT2D eigenvalue weighted by atomic mass is 10.2. The zero-order chi connectivity index (χ0) is 13.8. The fourth-order valence-corrected chi connectivity index (χ4v) is 1.44. The summed E-state index contributed by atoms with van der Waals surface area (Å²) in [6.45, 7) is 0. The van der Waals surface area contributed by atoms with Gasteiger partial charge in [-0.1, -0.05) is 6.07 Å². The molecule has 6 heteroatoms. The van der Waals surface area contributed by atoms with Crippen LogP contribution in [0.25, 0.3) is 0 Å². The van der Waals surface area contributed by atoms with Gasteiger partial charge in [0, 0.05) is 11.9 Å². The molecule has 19 heavy (non-hydrogen) atoms. The van der Waals surface area contributed by atoms with E-state index in [0.717, 1.165) is 0 Å². The molecule has 1 aromatic heterocycles. The number of pyridine rings is 1. The largest absolute Gasteiger partial charge is 0.364 e. The molecule has 3 N–H and O–H groups in total. The number of rotatable bonds is 3. The van der Waals surface area contributed by atoms with Crippen molar-refractivity contribution in [3.63, 3.8) is 0 Å². The first-order chi connectivity index (χ1) is 9.06. The number of hydrogen-bond acceptors (Lipinski definition) is 3. The zero-order valence-corrected chi connectivity index (χ0v) is 9.76. The maximum absolute atomic E-state index is 12.9. The molecule has 0 fully saturated rings. The zero-order valence-electron chi connectivity index (χ0n) is 9.76. The van der Waals surface area contributed by atoms with Crippen LogP contribution in [0.4, 0.5) is 10.1 Å². The van der Waals surface area contributed by atoms with Crippen molar-refractivity contribution in [3.8, 4) is 0 Å². The van der Waals surface area contributed by atoms with Gasteiger partial charge in [-0.25, -0.2) is 4.39 Å². The maximum Gasteiger partial charge on any atom is 0.267 e. The molecule has 0 radical (unpaired) electrons. The second-order valence-corrected chi connectivity index (χ2v) is 3.76. The Morgan fingerprint density at radius 2 is 2.00 bits per heavy atom. The minimum atomic E-state index is -0.669. The van der Waals surface area contributed by atoms with Gasteiger partial charge in [0.2, 0.25) is 0 Å². The van der Waals surface area contributed by atoms with Crippen LogP contribution in [0.3, 0.4) is 0 Å². The van der Waals surface area contributed by atoms with Crippen molar-refractivity contribution in [2.45, 2.75) is 0 Å². The number of carbonyl (C=O) groups excluding carboxylic acids is 2. The summed E-state index contributed by atoms with van der Waals surface area (Å²) in [6, 6.07) is 8.29. The molecule has 0 spiro atoms. The molecule has 0 aliphatic heterocycles. The topological polar surface area (TPSA) is 85.1 Å². The van der Waals surface area contributed by atoms with Crippen molar-refractivity contribution in [3.05, 3.63) is 59.7 Å². The highest BCUT2D eigenvalue weighted by Crippen LogP contribution is 2.11. The first-order valence-corrected chi connectivity index (χ1v) is 5.39. The Kier molecular flexibility index (Phi) is 3.51. The lowest BCUT2D eigenvalue weighted by molar-refractivity contribution is 0.0990. The van der Waals surface area contributed by atoms with E-state index in [1.807, 2.05) is 0 Å². The normalized spacial score (nSPS) is 9.95. The first-order valence-electron chi connectivity index (χ1n) is 5.39. The minimum Gasteiger partial charge on any atom is -0.364 e. The van der Waals surface area contributed by atoms with Gasteiger partial charge in [0.15, 0.2) is 0 Å². The number of nitrogens with zero attached hydrogens (tertiary/aromatic N) is 1. The van der Waals surface area contributed by atoms with Crippen LogP contribution in [0.1, 0.15) is 20.8 Å². The highest BCUT2D eigenvalue weighted by Gasteiger charge is 2.08. The predicted molar refractivity (Wildman–Crippen MR) is 67.1 cm³/mol. The van der Waals surface area contributed by atoms with Crippen LogP contribution < -0.4 is 11.1 Å². The SMILES string of the molecule is NC(=O)c1ccc(C(=O)Nc2cccc(F)c2)cn1. The number of aromatic nitrogens is 1. The average Bonchev–Trinajstić information content (AvgIpc) is 2.39. The van der Waals surface area contributed by atoms with Gasteiger partial charge in [-0.05, 0) is 30.3 Å². The third-order valence-corrected chi connectivity index (χ3v) is 2.36. The van der Waals surface area contributed by atoms with Crippen LogP contribution in [-0.2, 0) is 0 Å². The summed E-state index contributed by atoms with van der Waals surface area (Å²) in [4.78, 5) is 26.4. The van der Waals surface area contributed by atoms with Gasteiger partial charge in [-0.2, -0.15) is 0 Å². The molecule has 2 aromatic rings. The minimum absolute atomic E-state index is 0.0716. The number of nitrogens with one attached hydrogen (secondary N) is 1. The summed E-state index contributed by atoms with van der Waals surface area (Å²) in [5.74, 6) is -1.56. The van der Waals surface area contributed by atoms with Gasteiger partial charge in [0.1, 0.15) is 11.5 Å². The van der Waals surface area contributed by atoms with Crippen molar-refractivity contribution in [2.75, 3.05) is 5.32 Å². The van der Waals surface area contributed by atoms with Crippen LogP contribution >= 0.6 is 0 Å². The fourth-order valence-electron chi connectivity index (χ4n) is 1.44. The number of nitrogens with two attached hydrogens (primary N) is 1. The number of carbonyl (C=O) groups is 2. The van der Waals surface area contributed by atoms with E-state index in [0.29, 0.717) is 5.69 Å². The third kappa shape index (κ3) is 3.12. The van der Waals surface area contributed by atoms with E-state index in [1.165, 1.54) is 36.5 Å². The monoisotopic (exact) mass is 259 g/mol. The predicted octanol–water partition coefficient (Wildman–Crippen LogP) is 1.57. The Bertz CT molecular complexity index is 626. The molecule has 0 atom stereocenters. The molecule has 2 amide bonds. The number of halogens is 1. The molecule has 1 heterocycles. The maximum atomic E-state index is 12.9. The molecule has 0 saturated carbocycles. The van der Waals surface area contributed by atoms with Gasteiger partial charge in [-0.3, -0.25) is 14.6 Å². The van der Waals surface area contributed by atoms with Gasteiger partial charge in [0.05, 0.1) is 5.56 Å². The molecule has 0 saturated heterocycles. The second kappa shape index (κ2) is 5.26. The van der Waals surface area contributed by atoms with Crippen molar-refractivity contribution < 1.29 is 14.0 Å². The molecule has 2 rings (SSSR count). The lowest BCUT2D eigenvalue weighted by Crippen LogP contribution is -2.15. The quantitative estimate of drug-likeness (QED) is 0.877. The number of anilines is 1. The van der Waals surface area contributed by atoms with Crippen molar-refractivity contribution in [1.82, 2.24) is 4.98 Å². The molecule has 96 valence electrons. The van der Waals surface area contributed by atoms with E-state index < -0.39 is 17.6 Å². The summed E-state index contributed by atoms with van der Waals surface area (Å²) in [5.41, 5.74) is 5.69. The Hall–Kier alpha value is -2.76. The van der Waals surface area contributed by atoms with E-state index in [9.17, 15) is 14.0 Å². The number of hydrogen-bond donors (Lipinski definition) is 2. The van der Waals surface area contributed by atoms with Crippen LogP contribution in [-0.4, -0.2) is 16.8 Å². The van der Waals surface area contributed by atoms with Crippen molar-refractivity contribution in [1.29, 1.82) is 0 Å². The van der Waals surface area contributed by atoms with Gasteiger partial charge >= 0.3 is 0 Å². The van der Waals surface area contributed by atoms with Crippen molar-refractivity contribution >= 4 is 17.5 Å². The summed E-state index contributed by atoms with van der Waals surface area (Å²) in [5, 5.41) is 2.51. The second-order valence-electron chi connectivity index (χ2n) is 3.76. The number of amides is 2. The molecular weight excluding hydrogens is 249 g/mol. The fraction of sp³-hybridized carbons (Fsp3) is 0. The highest BCUT2D eigenvalue weighted by molar-refractivity contribution is 6.04. The molecule has 0 bridgehead atoms. The van der Waals surface area contributed by atoms with E-state index in [2.05, 4.69) is 10.3 Å². The molecule has 1 aromatic carbocycles. The molecular formula is C13H10FN3O2. The number of primary amides is 1. The van der Waals surface area contributed by atoms with Crippen LogP contribution in [0, 0.1) is 5.82 Å². The first kappa shape index (κ1) is 12.7. The Morgan fingerprint density at radius 3 is 2.58 bits per heavy atom. The van der Waals surface area contributed by atoms with E-state index in [4.69, 9.17) is 5.73 Å².